The van der Waals surface area contributed by atoms with Gasteiger partial charge in [0.1, 0.15) is 0 Å². The van der Waals surface area contributed by atoms with Gasteiger partial charge in [-0.15, -0.1) is 0 Å². The molecule has 2 aromatic rings. The Labute approximate surface area is 129 Å². The summed E-state index contributed by atoms with van der Waals surface area (Å²) < 4.78 is 1.21. The molecule has 0 fully saturated rings. The molecule has 0 radical (unpaired) electrons. The quantitative estimate of drug-likeness (QED) is 0.632. The zero-order valence-electron chi connectivity index (χ0n) is 13.5. The first kappa shape index (κ1) is 15.8. The fourth-order valence-corrected chi connectivity index (χ4v) is 2.99. The molecule has 0 aliphatic rings. The number of hydrogen-bond acceptors (Lipinski definition) is 0. The summed E-state index contributed by atoms with van der Waals surface area (Å²) in [5.74, 6) is 0. The second kappa shape index (κ2) is 7.99. The molecule has 0 N–H and O–H groups in total. The number of quaternary nitrogens is 1. The molecule has 2 rings (SSSR count). The number of likely N-dealkylation sites (N-methyl/N-ethyl adjacent to an activating group) is 1. The maximum absolute atomic E-state index is 2.33. The Hall–Kier alpha value is -1.60. The Morgan fingerprint density at radius 3 is 1.33 bits per heavy atom. The summed E-state index contributed by atoms with van der Waals surface area (Å²) >= 11 is 0. The Balaban J connectivity index is 1.95. The van der Waals surface area contributed by atoms with Crippen LogP contribution in [0.4, 0.5) is 0 Å². The van der Waals surface area contributed by atoms with Gasteiger partial charge in [-0.3, -0.25) is 0 Å². The summed E-state index contributed by atoms with van der Waals surface area (Å²) in [6.45, 7) is 9.58. The van der Waals surface area contributed by atoms with Gasteiger partial charge in [0.25, 0.3) is 0 Å². The monoisotopic (exact) mass is 282 g/mol. The van der Waals surface area contributed by atoms with Gasteiger partial charge in [0.2, 0.25) is 0 Å². The van der Waals surface area contributed by atoms with Crippen molar-refractivity contribution < 1.29 is 4.48 Å². The van der Waals surface area contributed by atoms with E-state index in [1.54, 1.807) is 0 Å². The summed E-state index contributed by atoms with van der Waals surface area (Å²) in [5.41, 5.74) is 2.92. The molecule has 0 aromatic heterocycles. The molecule has 0 aliphatic heterocycles. The van der Waals surface area contributed by atoms with E-state index in [0.717, 1.165) is 0 Å². The summed E-state index contributed by atoms with van der Waals surface area (Å²) in [7, 11) is 0. The topological polar surface area (TPSA) is 0 Å². The third kappa shape index (κ3) is 4.71. The maximum Gasteiger partial charge on any atom is 0.0827 e. The Bertz CT molecular complexity index is 454. The van der Waals surface area contributed by atoms with Crippen molar-refractivity contribution in [2.45, 2.75) is 26.7 Å². The second-order valence-corrected chi connectivity index (χ2v) is 5.89. The lowest BCUT2D eigenvalue weighted by Crippen LogP contribution is -2.50. The highest BCUT2D eigenvalue weighted by Gasteiger charge is 2.22. The van der Waals surface area contributed by atoms with E-state index < -0.39 is 0 Å². The molecule has 0 atom stereocenters. The smallest absolute Gasteiger partial charge is 0.0827 e. The standard InChI is InChI=1S/C20H28N/c1-3-21(4-2,17-15-19-11-7-5-8-12-19)18-16-20-13-9-6-10-14-20/h5-14H,3-4,15-18H2,1-2H3/q+1. The van der Waals surface area contributed by atoms with Gasteiger partial charge < -0.3 is 4.48 Å². The molecule has 0 saturated carbocycles. The van der Waals surface area contributed by atoms with Crippen molar-refractivity contribution in [2.24, 2.45) is 0 Å². The molecule has 0 aliphatic carbocycles. The molecule has 0 saturated heterocycles. The largest absolute Gasteiger partial charge is 0.324 e. The van der Waals surface area contributed by atoms with Crippen LogP contribution in [0.15, 0.2) is 60.7 Å². The molecule has 0 unspecified atom stereocenters. The van der Waals surface area contributed by atoms with Crippen LogP contribution in [0.3, 0.4) is 0 Å². The van der Waals surface area contributed by atoms with Gasteiger partial charge in [-0.05, 0) is 25.0 Å². The predicted octanol–water partition coefficient (Wildman–Crippen LogP) is 4.33. The van der Waals surface area contributed by atoms with Crippen LogP contribution >= 0.6 is 0 Å². The summed E-state index contributed by atoms with van der Waals surface area (Å²) in [6, 6.07) is 21.8. The highest BCUT2D eigenvalue weighted by atomic mass is 15.3. The van der Waals surface area contributed by atoms with Crippen LogP contribution in [0.25, 0.3) is 0 Å². The number of rotatable bonds is 8. The molecule has 0 heterocycles. The van der Waals surface area contributed by atoms with E-state index in [1.165, 1.54) is 54.6 Å². The maximum atomic E-state index is 2.33. The van der Waals surface area contributed by atoms with Gasteiger partial charge in [-0.2, -0.15) is 0 Å². The van der Waals surface area contributed by atoms with Crippen LogP contribution in [0.2, 0.25) is 0 Å². The molecular weight excluding hydrogens is 254 g/mol. The highest BCUT2D eigenvalue weighted by Crippen LogP contribution is 2.13. The van der Waals surface area contributed by atoms with Crippen molar-refractivity contribution in [3.05, 3.63) is 71.8 Å². The van der Waals surface area contributed by atoms with Crippen molar-refractivity contribution in [3.63, 3.8) is 0 Å². The first-order chi connectivity index (χ1) is 10.3. The SMILES string of the molecule is CC[N+](CC)(CCc1ccccc1)CCc1ccccc1. The van der Waals surface area contributed by atoms with Gasteiger partial charge in [0, 0.05) is 12.8 Å². The number of hydrogen-bond donors (Lipinski definition) is 0. The lowest BCUT2D eigenvalue weighted by molar-refractivity contribution is -0.924. The van der Waals surface area contributed by atoms with Crippen molar-refractivity contribution in [1.82, 2.24) is 0 Å². The van der Waals surface area contributed by atoms with Crippen LogP contribution in [0.1, 0.15) is 25.0 Å². The van der Waals surface area contributed by atoms with Gasteiger partial charge in [0.05, 0.1) is 26.2 Å². The molecule has 112 valence electrons. The van der Waals surface area contributed by atoms with E-state index in [9.17, 15) is 0 Å². The Morgan fingerprint density at radius 2 is 1.00 bits per heavy atom. The zero-order valence-corrected chi connectivity index (χ0v) is 13.5. The molecule has 0 bridgehead atoms. The first-order valence-corrected chi connectivity index (χ1v) is 8.21. The van der Waals surface area contributed by atoms with E-state index >= 15 is 0 Å². The van der Waals surface area contributed by atoms with Crippen LogP contribution in [0, 0.1) is 0 Å². The fraction of sp³-hybridized carbons (Fsp3) is 0.400. The van der Waals surface area contributed by atoms with Crippen LogP contribution in [-0.4, -0.2) is 30.7 Å². The first-order valence-electron chi connectivity index (χ1n) is 8.21. The number of nitrogens with zero attached hydrogens (tertiary/aromatic N) is 1. The molecule has 21 heavy (non-hydrogen) atoms. The van der Waals surface area contributed by atoms with E-state index in [2.05, 4.69) is 74.5 Å². The van der Waals surface area contributed by atoms with Gasteiger partial charge in [0.15, 0.2) is 0 Å². The normalized spacial score (nSPS) is 11.5. The van der Waals surface area contributed by atoms with Crippen molar-refractivity contribution in [2.75, 3.05) is 26.2 Å². The average Bonchev–Trinajstić information content (AvgIpc) is 2.58. The molecular formula is C20H28N+. The Kier molecular flexibility index (Phi) is 6.01. The van der Waals surface area contributed by atoms with E-state index in [-0.39, 0.29) is 0 Å². The Morgan fingerprint density at radius 1 is 0.619 bits per heavy atom. The van der Waals surface area contributed by atoms with E-state index in [1.807, 2.05) is 0 Å². The van der Waals surface area contributed by atoms with Crippen LogP contribution in [-0.2, 0) is 12.8 Å². The molecule has 0 spiro atoms. The van der Waals surface area contributed by atoms with Crippen molar-refractivity contribution in [3.8, 4) is 0 Å². The predicted molar refractivity (Wildman–Crippen MR) is 91.4 cm³/mol. The summed E-state index contributed by atoms with van der Waals surface area (Å²) in [5, 5.41) is 0. The minimum Gasteiger partial charge on any atom is -0.324 e. The molecule has 1 heteroatoms. The molecule has 0 amide bonds. The average molecular weight is 282 g/mol. The molecule has 1 nitrogen and oxygen atoms in total. The minimum atomic E-state index is 1.18. The van der Waals surface area contributed by atoms with Gasteiger partial charge in [-0.25, -0.2) is 0 Å². The fourth-order valence-electron chi connectivity index (χ4n) is 2.99. The molecule has 2 aromatic carbocycles. The zero-order chi connectivity index (χ0) is 15.0. The van der Waals surface area contributed by atoms with Crippen LogP contribution < -0.4 is 0 Å². The van der Waals surface area contributed by atoms with Crippen LogP contribution in [0.5, 0.6) is 0 Å². The number of benzene rings is 2. The van der Waals surface area contributed by atoms with Gasteiger partial charge >= 0.3 is 0 Å². The third-order valence-corrected chi connectivity index (χ3v) is 4.78. The summed E-state index contributed by atoms with van der Waals surface area (Å²) in [6.07, 6.45) is 2.36. The van der Waals surface area contributed by atoms with Crippen molar-refractivity contribution >= 4 is 0 Å². The van der Waals surface area contributed by atoms with Gasteiger partial charge in [-0.1, -0.05) is 60.7 Å². The van der Waals surface area contributed by atoms with Crippen molar-refractivity contribution in [1.29, 1.82) is 0 Å². The minimum absolute atomic E-state index is 1.18. The lowest BCUT2D eigenvalue weighted by Gasteiger charge is -2.37. The highest BCUT2D eigenvalue weighted by molar-refractivity contribution is 5.15. The third-order valence-electron chi connectivity index (χ3n) is 4.78. The lowest BCUT2D eigenvalue weighted by atomic mass is 10.1. The summed E-state index contributed by atoms with van der Waals surface area (Å²) in [4.78, 5) is 0. The van der Waals surface area contributed by atoms with E-state index in [0.29, 0.717) is 0 Å². The van der Waals surface area contributed by atoms with E-state index in [4.69, 9.17) is 0 Å². The second-order valence-electron chi connectivity index (χ2n) is 5.89.